The van der Waals surface area contributed by atoms with E-state index in [0.29, 0.717) is 38.5 Å². The van der Waals surface area contributed by atoms with Crippen LogP contribution in [0.2, 0.25) is 25.1 Å². The van der Waals surface area contributed by atoms with Gasteiger partial charge in [-0.05, 0) is 0 Å². The van der Waals surface area contributed by atoms with E-state index in [9.17, 15) is 4.79 Å². The molecule has 0 saturated carbocycles. The Hall–Kier alpha value is -0.140. The quantitative estimate of drug-likeness (QED) is 0.405. The van der Waals surface area contributed by atoms with Crippen LogP contribution in [0, 0.1) is 0 Å². The van der Waals surface area contributed by atoms with E-state index < -0.39 is 0 Å². The molecule has 0 aromatic heterocycles. The molecule has 1 fully saturated rings. The molecule has 0 spiro atoms. The molecule has 1 heterocycles. The minimum atomic E-state index is -0.0527. The molecule has 10 heteroatoms. The molecule has 0 radical (unpaired) electrons. The van der Waals surface area contributed by atoms with Gasteiger partial charge in [-0.25, -0.2) is 0 Å². The van der Waals surface area contributed by atoms with Crippen molar-refractivity contribution in [1.29, 1.82) is 0 Å². The highest BCUT2D eigenvalue weighted by Gasteiger charge is 2.19. The maximum atomic E-state index is 11.9. The number of halogens is 5. The van der Waals surface area contributed by atoms with Crippen LogP contribution in [0.15, 0.2) is 0 Å². The van der Waals surface area contributed by atoms with Gasteiger partial charge in [-0.3, -0.25) is 9.69 Å². The van der Waals surface area contributed by atoms with Gasteiger partial charge in [0.05, 0.1) is 50.6 Å². The maximum absolute atomic E-state index is 11.9. The van der Waals surface area contributed by atoms with Crippen LogP contribution >= 0.6 is 58.0 Å². The van der Waals surface area contributed by atoms with Crippen LogP contribution in [0.1, 0.15) is 0 Å². The molecular weight excluding hydrogens is 419 g/mol. The first-order chi connectivity index (χ1) is 11.4. The predicted molar refractivity (Wildman–Crippen MR) is 100 cm³/mol. The number of benzene rings is 1. The summed E-state index contributed by atoms with van der Waals surface area (Å²) in [6, 6.07) is 0. The minimum absolute atomic E-state index is 0.0527. The van der Waals surface area contributed by atoms with Crippen molar-refractivity contribution in [2.24, 2.45) is 0 Å². The van der Waals surface area contributed by atoms with E-state index in [1.165, 1.54) is 0 Å². The van der Waals surface area contributed by atoms with Crippen molar-refractivity contribution in [3.63, 3.8) is 0 Å². The van der Waals surface area contributed by atoms with Crippen molar-refractivity contribution < 1.29 is 9.53 Å². The number of anilines is 1. The van der Waals surface area contributed by atoms with Gasteiger partial charge in [0.25, 0.3) is 0 Å². The monoisotopic (exact) mass is 433 g/mol. The lowest BCUT2D eigenvalue weighted by Crippen LogP contribution is -2.43. The average Bonchev–Trinajstić information content (AvgIpc) is 2.58. The molecule has 2 N–H and O–H groups in total. The van der Waals surface area contributed by atoms with Gasteiger partial charge < -0.3 is 15.4 Å². The van der Waals surface area contributed by atoms with E-state index in [-0.39, 0.29) is 31.0 Å². The van der Waals surface area contributed by atoms with Crippen molar-refractivity contribution >= 4 is 69.6 Å². The summed E-state index contributed by atoms with van der Waals surface area (Å²) >= 11 is 30.2. The second kappa shape index (κ2) is 9.53. The zero-order valence-corrected chi connectivity index (χ0v) is 16.4. The molecule has 2 rings (SSSR count). The number of nitrogens with zero attached hydrogens (tertiary/aromatic N) is 1. The van der Waals surface area contributed by atoms with E-state index in [0.717, 1.165) is 13.1 Å². The van der Waals surface area contributed by atoms with Gasteiger partial charge in [-0.1, -0.05) is 58.0 Å². The Morgan fingerprint density at radius 3 is 2.04 bits per heavy atom. The lowest BCUT2D eigenvalue weighted by atomic mass is 10.3. The fourth-order valence-corrected chi connectivity index (χ4v) is 3.44. The summed E-state index contributed by atoms with van der Waals surface area (Å²) in [6.45, 7) is 3.99. The molecule has 1 aliphatic rings. The van der Waals surface area contributed by atoms with Gasteiger partial charge in [0.2, 0.25) is 5.91 Å². The standard InChI is InChI=1S/C14H16Cl5N3O2/c15-9-10(16)12(18)14(13(19)11(9)17)21-2-1-20-8(23)7-22-3-5-24-6-4-22/h21H,1-7H2,(H,20,23). The summed E-state index contributed by atoms with van der Waals surface area (Å²) in [4.78, 5) is 13.9. The summed E-state index contributed by atoms with van der Waals surface area (Å²) in [5.74, 6) is -0.0527. The van der Waals surface area contributed by atoms with Crippen LogP contribution in [0.25, 0.3) is 0 Å². The van der Waals surface area contributed by atoms with E-state index >= 15 is 0 Å². The predicted octanol–water partition coefficient (Wildman–Crippen LogP) is 3.81. The second-order valence-electron chi connectivity index (χ2n) is 5.11. The van der Waals surface area contributed by atoms with Crippen molar-refractivity contribution in [2.75, 3.05) is 51.3 Å². The maximum Gasteiger partial charge on any atom is 0.234 e. The first kappa shape index (κ1) is 20.2. The number of morpholine rings is 1. The van der Waals surface area contributed by atoms with Crippen molar-refractivity contribution in [1.82, 2.24) is 10.2 Å². The van der Waals surface area contributed by atoms with E-state index in [4.69, 9.17) is 62.7 Å². The molecule has 1 amide bonds. The zero-order valence-electron chi connectivity index (χ0n) is 12.6. The number of hydrogen-bond acceptors (Lipinski definition) is 4. The van der Waals surface area contributed by atoms with Gasteiger partial charge in [0, 0.05) is 26.2 Å². The zero-order chi connectivity index (χ0) is 17.7. The molecule has 134 valence electrons. The lowest BCUT2D eigenvalue weighted by Gasteiger charge is -2.25. The molecule has 1 aromatic carbocycles. The Kier molecular flexibility index (Phi) is 8.01. The first-order valence-corrected chi connectivity index (χ1v) is 9.13. The van der Waals surface area contributed by atoms with E-state index in [2.05, 4.69) is 10.6 Å². The van der Waals surface area contributed by atoms with Crippen LogP contribution in [-0.4, -0.2) is 56.7 Å². The number of ether oxygens (including phenoxy) is 1. The third-order valence-corrected chi connectivity index (χ3v) is 5.71. The Bertz CT molecular complexity index is 580. The summed E-state index contributed by atoms with van der Waals surface area (Å²) in [5.41, 5.74) is 0.389. The highest BCUT2D eigenvalue weighted by atomic mass is 35.5. The fraction of sp³-hybridized carbons (Fsp3) is 0.500. The van der Waals surface area contributed by atoms with Crippen molar-refractivity contribution in [3.05, 3.63) is 25.1 Å². The summed E-state index contributed by atoms with van der Waals surface area (Å²) < 4.78 is 5.24. The Balaban J connectivity index is 1.81. The number of nitrogens with one attached hydrogen (secondary N) is 2. The van der Waals surface area contributed by atoms with Gasteiger partial charge in [-0.2, -0.15) is 0 Å². The molecule has 0 unspecified atom stereocenters. The topological polar surface area (TPSA) is 53.6 Å². The van der Waals surface area contributed by atoms with Gasteiger partial charge >= 0.3 is 0 Å². The van der Waals surface area contributed by atoms with Crippen LogP contribution < -0.4 is 10.6 Å². The third kappa shape index (κ3) is 5.18. The van der Waals surface area contributed by atoms with E-state index in [1.807, 2.05) is 4.90 Å². The number of carbonyl (C=O) groups is 1. The first-order valence-electron chi connectivity index (χ1n) is 7.24. The number of amides is 1. The minimum Gasteiger partial charge on any atom is -0.381 e. The summed E-state index contributed by atoms with van der Waals surface area (Å²) in [7, 11) is 0. The molecule has 5 nitrogen and oxygen atoms in total. The van der Waals surface area contributed by atoms with Gasteiger partial charge in [0.1, 0.15) is 0 Å². The molecular formula is C14H16Cl5N3O2. The summed E-state index contributed by atoms with van der Waals surface area (Å²) in [5, 5.41) is 6.58. The van der Waals surface area contributed by atoms with Crippen LogP contribution in [-0.2, 0) is 9.53 Å². The molecule has 1 aliphatic heterocycles. The Morgan fingerprint density at radius 2 is 1.46 bits per heavy atom. The summed E-state index contributed by atoms with van der Waals surface area (Å²) in [6.07, 6.45) is 0. The SMILES string of the molecule is O=C(CN1CCOCC1)NCCNc1c(Cl)c(Cl)c(Cl)c(Cl)c1Cl. The van der Waals surface area contributed by atoms with Gasteiger partial charge in [0.15, 0.2) is 0 Å². The average molecular weight is 436 g/mol. The lowest BCUT2D eigenvalue weighted by molar-refractivity contribution is -0.123. The second-order valence-corrected chi connectivity index (χ2v) is 7.00. The molecule has 1 aromatic rings. The Labute approximate surface area is 165 Å². The molecule has 0 atom stereocenters. The normalized spacial score (nSPS) is 15.4. The van der Waals surface area contributed by atoms with Crippen LogP contribution in [0.5, 0.6) is 0 Å². The number of carbonyl (C=O) groups excluding carboxylic acids is 1. The Morgan fingerprint density at radius 1 is 0.917 bits per heavy atom. The van der Waals surface area contributed by atoms with E-state index in [1.54, 1.807) is 0 Å². The fourth-order valence-electron chi connectivity index (χ4n) is 2.17. The molecule has 0 aliphatic carbocycles. The largest absolute Gasteiger partial charge is 0.381 e. The number of hydrogen-bond donors (Lipinski definition) is 2. The molecule has 24 heavy (non-hydrogen) atoms. The highest BCUT2D eigenvalue weighted by Crippen LogP contribution is 2.46. The van der Waals surface area contributed by atoms with Crippen molar-refractivity contribution in [3.8, 4) is 0 Å². The van der Waals surface area contributed by atoms with Crippen LogP contribution in [0.4, 0.5) is 5.69 Å². The molecule has 1 saturated heterocycles. The highest BCUT2D eigenvalue weighted by molar-refractivity contribution is 6.56. The van der Waals surface area contributed by atoms with Crippen LogP contribution in [0.3, 0.4) is 0 Å². The van der Waals surface area contributed by atoms with Crippen molar-refractivity contribution in [2.45, 2.75) is 0 Å². The van der Waals surface area contributed by atoms with Gasteiger partial charge in [-0.15, -0.1) is 0 Å². The number of rotatable bonds is 6. The third-order valence-electron chi connectivity index (χ3n) is 3.43. The molecule has 0 bridgehead atoms. The smallest absolute Gasteiger partial charge is 0.234 e.